The highest BCUT2D eigenvalue weighted by Gasteiger charge is 2.31. The van der Waals surface area contributed by atoms with Crippen LogP contribution in [0, 0.1) is 5.92 Å². The van der Waals surface area contributed by atoms with Crippen molar-refractivity contribution in [2.24, 2.45) is 5.92 Å². The number of rotatable bonds is 3. The fourth-order valence-electron chi connectivity index (χ4n) is 3.24. The molecule has 108 valence electrons. The summed E-state index contributed by atoms with van der Waals surface area (Å²) in [6.45, 7) is 1.83. The SMILES string of the molecule is COc1cccc(C2CCN(C(=O)C3CCC3)CC2)c1. The van der Waals surface area contributed by atoms with Crippen molar-refractivity contribution in [3.05, 3.63) is 29.8 Å². The van der Waals surface area contributed by atoms with Crippen molar-refractivity contribution in [3.8, 4) is 5.75 Å². The number of carbonyl (C=O) groups excluding carboxylic acids is 1. The molecule has 0 N–H and O–H groups in total. The molecule has 1 heterocycles. The molecule has 1 aliphatic carbocycles. The quantitative estimate of drug-likeness (QED) is 0.846. The van der Waals surface area contributed by atoms with E-state index in [4.69, 9.17) is 4.74 Å². The maximum atomic E-state index is 12.2. The topological polar surface area (TPSA) is 29.5 Å². The molecule has 2 fully saturated rings. The van der Waals surface area contributed by atoms with E-state index in [1.807, 2.05) is 6.07 Å². The minimum Gasteiger partial charge on any atom is -0.497 e. The first-order valence-electron chi connectivity index (χ1n) is 7.70. The van der Waals surface area contributed by atoms with E-state index in [-0.39, 0.29) is 0 Å². The van der Waals surface area contributed by atoms with Gasteiger partial charge in [0.1, 0.15) is 5.75 Å². The summed E-state index contributed by atoms with van der Waals surface area (Å²) >= 11 is 0. The summed E-state index contributed by atoms with van der Waals surface area (Å²) < 4.78 is 5.29. The summed E-state index contributed by atoms with van der Waals surface area (Å²) in [4.78, 5) is 14.3. The first kappa shape index (κ1) is 13.5. The Morgan fingerprint density at radius 3 is 2.55 bits per heavy atom. The average molecular weight is 273 g/mol. The summed E-state index contributed by atoms with van der Waals surface area (Å²) in [6, 6.07) is 8.35. The van der Waals surface area contributed by atoms with Crippen LogP contribution in [0.4, 0.5) is 0 Å². The van der Waals surface area contributed by atoms with Crippen LogP contribution in [-0.4, -0.2) is 31.0 Å². The lowest BCUT2D eigenvalue weighted by Gasteiger charge is -2.36. The molecule has 0 atom stereocenters. The van der Waals surface area contributed by atoms with E-state index in [9.17, 15) is 4.79 Å². The highest BCUT2D eigenvalue weighted by molar-refractivity contribution is 5.79. The summed E-state index contributed by atoms with van der Waals surface area (Å²) in [6.07, 6.45) is 5.59. The molecule has 1 saturated heterocycles. The molecule has 3 rings (SSSR count). The fraction of sp³-hybridized carbons (Fsp3) is 0.588. The molecule has 1 saturated carbocycles. The van der Waals surface area contributed by atoms with Gasteiger partial charge in [-0.25, -0.2) is 0 Å². The summed E-state index contributed by atoms with van der Waals surface area (Å²) in [5, 5.41) is 0. The van der Waals surface area contributed by atoms with Crippen LogP contribution in [0.1, 0.15) is 43.6 Å². The van der Waals surface area contributed by atoms with Gasteiger partial charge in [0, 0.05) is 19.0 Å². The Labute approximate surface area is 120 Å². The lowest BCUT2D eigenvalue weighted by Crippen LogP contribution is -2.43. The summed E-state index contributed by atoms with van der Waals surface area (Å²) in [5.74, 6) is 2.23. The van der Waals surface area contributed by atoms with Crippen molar-refractivity contribution >= 4 is 5.91 Å². The predicted octanol–water partition coefficient (Wildman–Crippen LogP) is 3.20. The van der Waals surface area contributed by atoms with Gasteiger partial charge in [-0.3, -0.25) is 4.79 Å². The fourth-order valence-corrected chi connectivity index (χ4v) is 3.24. The van der Waals surface area contributed by atoms with Crippen LogP contribution in [-0.2, 0) is 4.79 Å². The van der Waals surface area contributed by atoms with Crippen LogP contribution in [0.5, 0.6) is 5.75 Å². The lowest BCUT2D eigenvalue weighted by atomic mass is 9.83. The molecule has 20 heavy (non-hydrogen) atoms. The Balaban J connectivity index is 1.58. The Morgan fingerprint density at radius 1 is 1.20 bits per heavy atom. The van der Waals surface area contributed by atoms with Crippen LogP contribution >= 0.6 is 0 Å². The molecule has 1 aromatic rings. The molecule has 0 bridgehead atoms. The van der Waals surface area contributed by atoms with E-state index < -0.39 is 0 Å². The van der Waals surface area contributed by atoms with Crippen LogP contribution < -0.4 is 4.74 Å². The summed E-state index contributed by atoms with van der Waals surface area (Å²) in [5.41, 5.74) is 1.35. The van der Waals surface area contributed by atoms with E-state index in [0.717, 1.165) is 44.5 Å². The van der Waals surface area contributed by atoms with E-state index >= 15 is 0 Å². The minimum absolute atomic E-state index is 0.336. The standard InChI is InChI=1S/C17H23NO2/c1-20-16-7-3-6-15(12-16)13-8-10-18(11-9-13)17(19)14-4-2-5-14/h3,6-7,12-14H,2,4-5,8-11H2,1H3. The van der Waals surface area contributed by atoms with Gasteiger partial charge in [-0.05, 0) is 49.3 Å². The number of ether oxygens (including phenoxy) is 1. The molecule has 1 amide bonds. The zero-order chi connectivity index (χ0) is 13.9. The Kier molecular flexibility index (Phi) is 3.95. The molecule has 0 spiro atoms. The van der Waals surface area contributed by atoms with Gasteiger partial charge in [0.2, 0.25) is 5.91 Å². The third kappa shape index (κ3) is 2.67. The maximum Gasteiger partial charge on any atom is 0.225 e. The first-order chi connectivity index (χ1) is 9.78. The molecular formula is C17H23NO2. The van der Waals surface area contributed by atoms with Crippen LogP contribution in [0.25, 0.3) is 0 Å². The van der Waals surface area contributed by atoms with E-state index in [1.54, 1.807) is 7.11 Å². The van der Waals surface area contributed by atoms with Crippen molar-refractivity contribution in [1.82, 2.24) is 4.90 Å². The van der Waals surface area contributed by atoms with Gasteiger partial charge in [0.25, 0.3) is 0 Å². The van der Waals surface area contributed by atoms with Crippen LogP contribution in [0.15, 0.2) is 24.3 Å². The first-order valence-corrected chi connectivity index (χ1v) is 7.70. The molecule has 0 radical (unpaired) electrons. The van der Waals surface area contributed by atoms with Crippen molar-refractivity contribution in [2.75, 3.05) is 20.2 Å². The second-order valence-corrected chi connectivity index (χ2v) is 6.00. The van der Waals surface area contributed by atoms with Crippen molar-refractivity contribution < 1.29 is 9.53 Å². The lowest BCUT2D eigenvalue weighted by molar-refractivity contribution is -0.139. The Bertz CT molecular complexity index is 474. The number of hydrogen-bond acceptors (Lipinski definition) is 2. The van der Waals surface area contributed by atoms with E-state index in [0.29, 0.717) is 17.7 Å². The molecule has 0 aromatic heterocycles. The van der Waals surface area contributed by atoms with Gasteiger partial charge in [0.05, 0.1) is 7.11 Å². The van der Waals surface area contributed by atoms with E-state index in [2.05, 4.69) is 23.1 Å². The molecule has 3 nitrogen and oxygen atoms in total. The Morgan fingerprint density at radius 2 is 1.95 bits per heavy atom. The second-order valence-electron chi connectivity index (χ2n) is 6.00. The van der Waals surface area contributed by atoms with Gasteiger partial charge < -0.3 is 9.64 Å². The molecule has 3 heteroatoms. The van der Waals surface area contributed by atoms with Crippen LogP contribution in [0.2, 0.25) is 0 Å². The third-order valence-corrected chi connectivity index (χ3v) is 4.83. The molecule has 1 aromatic carbocycles. The van der Waals surface area contributed by atoms with Crippen LogP contribution in [0.3, 0.4) is 0 Å². The highest BCUT2D eigenvalue weighted by atomic mass is 16.5. The predicted molar refractivity (Wildman–Crippen MR) is 78.9 cm³/mol. The Hall–Kier alpha value is -1.51. The van der Waals surface area contributed by atoms with Gasteiger partial charge in [-0.15, -0.1) is 0 Å². The average Bonchev–Trinajstić information content (AvgIpc) is 2.45. The number of benzene rings is 1. The van der Waals surface area contributed by atoms with Gasteiger partial charge in [-0.1, -0.05) is 18.6 Å². The number of hydrogen-bond donors (Lipinski definition) is 0. The number of methoxy groups -OCH3 is 1. The highest BCUT2D eigenvalue weighted by Crippen LogP contribution is 2.33. The second kappa shape index (κ2) is 5.86. The zero-order valence-electron chi connectivity index (χ0n) is 12.2. The smallest absolute Gasteiger partial charge is 0.225 e. The molecule has 2 aliphatic rings. The summed E-state index contributed by atoms with van der Waals surface area (Å²) in [7, 11) is 1.71. The molecule has 0 unspecified atom stereocenters. The van der Waals surface area contributed by atoms with E-state index in [1.165, 1.54) is 12.0 Å². The van der Waals surface area contributed by atoms with Crippen molar-refractivity contribution in [1.29, 1.82) is 0 Å². The monoisotopic (exact) mass is 273 g/mol. The normalized spacial score (nSPS) is 20.6. The van der Waals surface area contributed by atoms with Crippen molar-refractivity contribution in [2.45, 2.75) is 38.0 Å². The minimum atomic E-state index is 0.336. The maximum absolute atomic E-state index is 12.2. The number of amides is 1. The number of piperidine rings is 1. The van der Waals surface area contributed by atoms with Gasteiger partial charge in [-0.2, -0.15) is 0 Å². The number of nitrogens with zero attached hydrogens (tertiary/aromatic N) is 1. The van der Waals surface area contributed by atoms with Gasteiger partial charge >= 0.3 is 0 Å². The number of carbonyl (C=O) groups is 1. The largest absolute Gasteiger partial charge is 0.497 e. The number of likely N-dealkylation sites (tertiary alicyclic amines) is 1. The zero-order valence-corrected chi connectivity index (χ0v) is 12.2. The molecule has 1 aliphatic heterocycles. The van der Waals surface area contributed by atoms with Gasteiger partial charge in [0.15, 0.2) is 0 Å². The van der Waals surface area contributed by atoms with Crippen molar-refractivity contribution in [3.63, 3.8) is 0 Å². The third-order valence-electron chi connectivity index (χ3n) is 4.83. The molecular weight excluding hydrogens is 250 g/mol.